The number of piperidine rings is 1. The molecule has 3 rings (SSSR count). The van der Waals surface area contributed by atoms with Crippen molar-refractivity contribution in [2.24, 2.45) is 0 Å². The van der Waals surface area contributed by atoms with Gasteiger partial charge in [-0.15, -0.1) is 0 Å². The first kappa shape index (κ1) is 13.4. The van der Waals surface area contributed by atoms with Crippen LogP contribution in [0.15, 0.2) is 29.2 Å². The lowest BCUT2D eigenvalue weighted by Gasteiger charge is -2.36. The molecule has 1 N–H and O–H groups in total. The maximum absolute atomic E-state index is 12.7. The highest BCUT2D eigenvalue weighted by Gasteiger charge is 2.46. The van der Waals surface area contributed by atoms with E-state index in [0.717, 1.165) is 12.8 Å². The molecule has 2 heterocycles. The van der Waals surface area contributed by atoms with Crippen molar-refractivity contribution in [2.45, 2.75) is 48.8 Å². The molecule has 0 amide bonds. The molecule has 2 saturated heterocycles. The van der Waals surface area contributed by atoms with E-state index in [0.29, 0.717) is 17.9 Å². The Labute approximate surface area is 118 Å². The number of fused-ring (bicyclic) bond motifs is 2. The third-order valence-electron chi connectivity index (χ3n) is 4.01. The Balaban J connectivity index is 1.98. The standard InChI is InChI=1S/C13H16ClNO3S/c14-9-2-1-3-13(6-9)19(17,18)15-10-4-5-11(15)8-12(16)7-10/h1-3,6,10-12,16H,4-5,7-8H2. The van der Waals surface area contributed by atoms with Crippen LogP contribution in [0.5, 0.6) is 0 Å². The summed E-state index contributed by atoms with van der Waals surface area (Å²) < 4.78 is 27.0. The Morgan fingerprint density at radius 2 is 1.84 bits per heavy atom. The topological polar surface area (TPSA) is 57.6 Å². The van der Waals surface area contributed by atoms with Crippen molar-refractivity contribution < 1.29 is 13.5 Å². The van der Waals surface area contributed by atoms with Crippen LogP contribution in [0.4, 0.5) is 0 Å². The second kappa shape index (κ2) is 4.74. The third kappa shape index (κ3) is 2.29. The van der Waals surface area contributed by atoms with Crippen molar-refractivity contribution in [2.75, 3.05) is 0 Å². The maximum atomic E-state index is 12.7. The molecule has 0 aliphatic carbocycles. The molecule has 0 spiro atoms. The van der Waals surface area contributed by atoms with Crippen molar-refractivity contribution in [3.8, 4) is 0 Å². The summed E-state index contributed by atoms with van der Waals surface area (Å²) in [6, 6.07) is 6.23. The Bertz CT molecular complexity index is 575. The lowest BCUT2D eigenvalue weighted by atomic mass is 10.0. The van der Waals surface area contributed by atoms with E-state index in [1.54, 1.807) is 22.5 Å². The number of rotatable bonds is 2. The minimum atomic E-state index is -3.51. The highest BCUT2D eigenvalue weighted by atomic mass is 35.5. The van der Waals surface area contributed by atoms with Crippen molar-refractivity contribution in [1.82, 2.24) is 4.31 Å². The summed E-state index contributed by atoms with van der Waals surface area (Å²) in [4.78, 5) is 0.244. The highest BCUT2D eigenvalue weighted by Crippen LogP contribution is 2.39. The van der Waals surface area contributed by atoms with E-state index in [1.165, 1.54) is 6.07 Å². The van der Waals surface area contributed by atoms with Gasteiger partial charge in [0, 0.05) is 17.1 Å². The maximum Gasteiger partial charge on any atom is 0.243 e. The molecule has 2 atom stereocenters. The summed E-state index contributed by atoms with van der Waals surface area (Å²) >= 11 is 5.88. The first-order chi connectivity index (χ1) is 8.98. The van der Waals surface area contributed by atoms with E-state index >= 15 is 0 Å². The fourth-order valence-electron chi connectivity index (χ4n) is 3.25. The van der Waals surface area contributed by atoms with Crippen molar-refractivity contribution >= 4 is 21.6 Å². The average molecular weight is 302 g/mol. The number of hydrogen-bond donors (Lipinski definition) is 1. The fraction of sp³-hybridized carbons (Fsp3) is 0.538. The molecular weight excluding hydrogens is 286 g/mol. The lowest BCUT2D eigenvalue weighted by Crippen LogP contribution is -2.47. The van der Waals surface area contributed by atoms with Gasteiger partial charge < -0.3 is 5.11 Å². The number of aliphatic hydroxyl groups excluding tert-OH is 1. The second-order valence-electron chi connectivity index (χ2n) is 5.30. The smallest absolute Gasteiger partial charge is 0.243 e. The van der Waals surface area contributed by atoms with Gasteiger partial charge in [0.1, 0.15) is 0 Å². The van der Waals surface area contributed by atoms with Crippen LogP contribution in [0.2, 0.25) is 5.02 Å². The number of hydrogen-bond acceptors (Lipinski definition) is 3. The molecule has 6 heteroatoms. The van der Waals surface area contributed by atoms with Crippen LogP contribution in [-0.2, 0) is 10.0 Å². The molecule has 104 valence electrons. The van der Waals surface area contributed by atoms with Gasteiger partial charge in [0.25, 0.3) is 0 Å². The normalized spacial score (nSPS) is 31.6. The quantitative estimate of drug-likeness (QED) is 0.909. The van der Waals surface area contributed by atoms with Crippen LogP contribution in [0.3, 0.4) is 0 Å². The molecule has 19 heavy (non-hydrogen) atoms. The van der Waals surface area contributed by atoms with Crippen LogP contribution in [0.25, 0.3) is 0 Å². The molecular formula is C13H16ClNO3S. The molecule has 2 aliphatic rings. The van der Waals surface area contributed by atoms with E-state index in [9.17, 15) is 13.5 Å². The lowest BCUT2D eigenvalue weighted by molar-refractivity contribution is 0.0769. The highest BCUT2D eigenvalue weighted by molar-refractivity contribution is 7.89. The van der Waals surface area contributed by atoms with Gasteiger partial charge in [0.05, 0.1) is 11.0 Å². The summed E-state index contributed by atoms with van der Waals surface area (Å²) in [5, 5.41) is 10.2. The largest absolute Gasteiger partial charge is 0.393 e. The van der Waals surface area contributed by atoms with E-state index in [-0.39, 0.29) is 23.1 Å². The van der Waals surface area contributed by atoms with Gasteiger partial charge in [-0.05, 0) is 43.9 Å². The first-order valence-corrected chi connectivity index (χ1v) is 8.27. The molecule has 1 aromatic carbocycles. The monoisotopic (exact) mass is 301 g/mol. The Hall–Kier alpha value is -0.620. The number of sulfonamides is 1. The summed E-state index contributed by atoms with van der Waals surface area (Å²) in [7, 11) is -3.51. The van der Waals surface area contributed by atoms with Gasteiger partial charge in [-0.25, -0.2) is 8.42 Å². The SMILES string of the molecule is O=S(=O)(c1cccc(Cl)c1)N1C2CCC1CC(O)C2. The summed E-state index contributed by atoms with van der Waals surface area (Å²) in [5.41, 5.74) is 0. The molecule has 0 radical (unpaired) electrons. The second-order valence-corrected chi connectivity index (χ2v) is 7.58. The van der Waals surface area contributed by atoms with Crippen LogP contribution in [0.1, 0.15) is 25.7 Å². The summed E-state index contributed by atoms with van der Waals surface area (Å²) in [5.74, 6) is 0. The number of aliphatic hydroxyl groups is 1. The van der Waals surface area contributed by atoms with Gasteiger partial charge in [0.2, 0.25) is 10.0 Å². The van der Waals surface area contributed by atoms with E-state index in [4.69, 9.17) is 11.6 Å². The Kier molecular flexibility index (Phi) is 3.33. The van der Waals surface area contributed by atoms with E-state index in [1.807, 2.05) is 0 Å². The van der Waals surface area contributed by atoms with Crippen molar-refractivity contribution in [1.29, 1.82) is 0 Å². The van der Waals surface area contributed by atoms with E-state index < -0.39 is 10.0 Å². The molecule has 0 aromatic heterocycles. The van der Waals surface area contributed by atoms with Gasteiger partial charge in [-0.2, -0.15) is 4.31 Å². The molecule has 2 unspecified atom stereocenters. The van der Waals surface area contributed by atoms with Gasteiger partial charge >= 0.3 is 0 Å². The zero-order valence-electron chi connectivity index (χ0n) is 10.4. The van der Waals surface area contributed by atoms with Crippen LogP contribution >= 0.6 is 11.6 Å². The first-order valence-electron chi connectivity index (χ1n) is 6.45. The summed E-state index contributed by atoms with van der Waals surface area (Å²) in [6.07, 6.45) is 2.37. The molecule has 4 nitrogen and oxygen atoms in total. The number of benzene rings is 1. The van der Waals surface area contributed by atoms with Crippen LogP contribution in [0, 0.1) is 0 Å². The fourth-order valence-corrected chi connectivity index (χ4v) is 5.44. The molecule has 2 aliphatic heterocycles. The minimum Gasteiger partial charge on any atom is -0.393 e. The Morgan fingerprint density at radius 1 is 1.21 bits per heavy atom. The predicted octanol–water partition coefficient (Wildman–Crippen LogP) is 2.02. The molecule has 1 aromatic rings. The third-order valence-corrected chi connectivity index (χ3v) is 6.25. The minimum absolute atomic E-state index is 0.0715. The molecule has 2 bridgehead atoms. The summed E-state index contributed by atoms with van der Waals surface area (Å²) in [6.45, 7) is 0. The van der Waals surface area contributed by atoms with Gasteiger partial charge in [-0.3, -0.25) is 0 Å². The molecule has 2 fully saturated rings. The van der Waals surface area contributed by atoms with Crippen molar-refractivity contribution in [3.63, 3.8) is 0 Å². The number of nitrogens with zero attached hydrogens (tertiary/aromatic N) is 1. The average Bonchev–Trinajstić information content (AvgIpc) is 2.63. The van der Waals surface area contributed by atoms with E-state index in [2.05, 4.69) is 0 Å². The number of halogens is 1. The van der Waals surface area contributed by atoms with Crippen LogP contribution in [-0.4, -0.2) is 36.0 Å². The zero-order chi connectivity index (χ0) is 13.6. The van der Waals surface area contributed by atoms with Gasteiger partial charge in [0.15, 0.2) is 0 Å². The van der Waals surface area contributed by atoms with Crippen molar-refractivity contribution in [3.05, 3.63) is 29.3 Å². The Morgan fingerprint density at radius 3 is 2.42 bits per heavy atom. The van der Waals surface area contributed by atoms with Gasteiger partial charge in [-0.1, -0.05) is 17.7 Å². The molecule has 0 saturated carbocycles. The zero-order valence-corrected chi connectivity index (χ0v) is 11.9. The predicted molar refractivity (Wildman–Crippen MR) is 72.5 cm³/mol. The van der Waals surface area contributed by atoms with Crippen LogP contribution < -0.4 is 0 Å².